The van der Waals surface area contributed by atoms with Crippen molar-refractivity contribution in [3.8, 4) is 50.8 Å². The van der Waals surface area contributed by atoms with Gasteiger partial charge in [0.05, 0.1) is 48.8 Å². The van der Waals surface area contributed by atoms with Crippen molar-refractivity contribution in [2.24, 2.45) is 10.3 Å². The van der Waals surface area contributed by atoms with Crippen molar-refractivity contribution in [2.75, 3.05) is 6.54 Å². The van der Waals surface area contributed by atoms with E-state index in [0.717, 1.165) is 55.4 Å². The molecule has 6 aromatic carbocycles. The Morgan fingerprint density at radius 3 is 0.917 bits per heavy atom. The largest absolute Gasteiger partial charge is 0.435 e. The van der Waals surface area contributed by atoms with Gasteiger partial charge in [-0.3, -0.25) is 0 Å². The summed E-state index contributed by atoms with van der Waals surface area (Å²) in [4.78, 5) is -0.247. The molecule has 9 rings (SSSR count). The highest BCUT2D eigenvalue weighted by molar-refractivity contribution is 7.89. The normalized spacial score (nSPS) is 12.1. The molecule has 84 heavy (non-hydrogen) atoms. The highest BCUT2D eigenvalue weighted by Gasteiger charge is 2.37. The van der Waals surface area contributed by atoms with Gasteiger partial charge in [0.1, 0.15) is 0 Å². The van der Waals surface area contributed by atoms with E-state index in [-0.39, 0.29) is 49.7 Å². The van der Waals surface area contributed by atoms with Gasteiger partial charge in [0.2, 0.25) is 30.1 Å². The van der Waals surface area contributed by atoms with Gasteiger partial charge >= 0.3 is 18.5 Å². The molecular formula is C57H56F9N9O6S3. The van der Waals surface area contributed by atoms with E-state index in [4.69, 9.17) is 10.3 Å². The number of aromatic nitrogens is 6. The summed E-state index contributed by atoms with van der Waals surface area (Å²) >= 11 is 0. The molecule has 0 aliphatic carbocycles. The second kappa shape index (κ2) is 26.3. The number of halogens is 9. The average molecular weight is 1230 g/mol. The van der Waals surface area contributed by atoms with E-state index < -0.39 is 65.7 Å². The Bertz CT molecular complexity index is 4020. The molecule has 15 nitrogen and oxygen atoms in total. The highest BCUT2D eigenvalue weighted by Crippen LogP contribution is 2.37. The third kappa shape index (κ3) is 16.7. The van der Waals surface area contributed by atoms with Crippen molar-refractivity contribution >= 4 is 30.1 Å². The summed E-state index contributed by atoms with van der Waals surface area (Å²) in [5.41, 5.74) is 3.21. The summed E-state index contributed by atoms with van der Waals surface area (Å²) in [6, 6.07) is 39.8. The minimum atomic E-state index is -4.61. The van der Waals surface area contributed by atoms with Gasteiger partial charge in [-0.05, 0) is 117 Å². The molecule has 0 aliphatic heterocycles. The van der Waals surface area contributed by atoms with Gasteiger partial charge < -0.3 is 0 Å². The Kier molecular flexibility index (Phi) is 20.4. The molecule has 0 atom stereocenters. The lowest BCUT2D eigenvalue weighted by Gasteiger charge is -2.10. The lowest BCUT2D eigenvalue weighted by Crippen LogP contribution is -2.23. The van der Waals surface area contributed by atoms with Crippen LogP contribution in [0.1, 0.15) is 67.9 Å². The fourth-order valence-electron chi connectivity index (χ4n) is 7.72. The Hall–Kier alpha value is -7.95. The van der Waals surface area contributed by atoms with Gasteiger partial charge in [-0.1, -0.05) is 118 Å². The van der Waals surface area contributed by atoms with E-state index >= 15 is 0 Å². The Balaban J connectivity index is 0.000000197. The monoisotopic (exact) mass is 1230 g/mol. The number of primary sulfonamides is 2. The number of aryl methyl sites for hydroxylation is 3. The second-order valence-electron chi connectivity index (χ2n) is 18.5. The third-order valence-electron chi connectivity index (χ3n) is 11.9. The van der Waals surface area contributed by atoms with Crippen molar-refractivity contribution in [1.29, 1.82) is 0 Å². The molecule has 0 aliphatic rings. The van der Waals surface area contributed by atoms with Gasteiger partial charge in [0.15, 0.2) is 17.1 Å². The van der Waals surface area contributed by atoms with Crippen LogP contribution in [0.2, 0.25) is 0 Å². The van der Waals surface area contributed by atoms with Crippen LogP contribution in [0, 0.1) is 13.8 Å². The minimum Gasteiger partial charge on any atom is -0.233 e. The Labute approximate surface area is 479 Å². The van der Waals surface area contributed by atoms with Gasteiger partial charge in [-0.25, -0.2) is 54.3 Å². The van der Waals surface area contributed by atoms with Gasteiger partial charge in [-0.2, -0.15) is 54.8 Å². The number of nitrogens with two attached hydrogens (primary N) is 2. The average Bonchev–Trinajstić information content (AvgIpc) is 4.29. The number of sulfonamides is 3. The van der Waals surface area contributed by atoms with E-state index in [9.17, 15) is 64.8 Å². The van der Waals surface area contributed by atoms with E-state index in [1.165, 1.54) is 79.2 Å². The predicted octanol–water partition coefficient (Wildman–Crippen LogP) is 12.9. The molecule has 9 aromatic rings. The molecule has 0 amide bonds. The summed E-state index contributed by atoms with van der Waals surface area (Å²) in [5, 5.41) is 21.1. The molecule has 0 unspecified atom stereocenters. The summed E-state index contributed by atoms with van der Waals surface area (Å²) in [7, 11) is -11.5. The van der Waals surface area contributed by atoms with Crippen LogP contribution in [0.5, 0.6) is 0 Å². The SMILES string of the molecule is CCC.CCNS(=O)(=O)c1ccc(-n2nc(C(F)(F)F)cc2-c2ccc(C)cc2)cc1.CCc1ccc(-c2cc(C(F)(F)F)nn2-c2ccc(S(N)(=O)=O)cc2)cc1.Cc1ccc(-c2cc(C(F)(F)F)nn2-c2ccc(S(N)(=O)=O)cc2)cc1. The van der Waals surface area contributed by atoms with Crippen LogP contribution < -0.4 is 15.0 Å². The number of nitrogens with one attached hydrogen (secondary N) is 1. The summed E-state index contributed by atoms with van der Waals surface area (Å²) in [6.07, 6.45) is -11.8. The summed E-state index contributed by atoms with van der Waals surface area (Å²) in [6.45, 7) is 11.9. The zero-order chi connectivity index (χ0) is 62.2. The zero-order valence-electron chi connectivity index (χ0n) is 45.6. The second-order valence-corrected chi connectivity index (χ2v) is 23.4. The van der Waals surface area contributed by atoms with Crippen LogP contribution in [0.4, 0.5) is 39.5 Å². The van der Waals surface area contributed by atoms with Gasteiger partial charge in [0, 0.05) is 23.2 Å². The van der Waals surface area contributed by atoms with E-state index in [0.29, 0.717) is 22.4 Å². The molecule has 446 valence electrons. The van der Waals surface area contributed by atoms with Crippen molar-refractivity contribution in [2.45, 2.75) is 87.6 Å². The van der Waals surface area contributed by atoms with Crippen LogP contribution in [0.15, 0.2) is 178 Å². The van der Waals surface area contributed by atoms with Crippen LogP contribution in [-0.4, -0.2) is 61.1 Å². The molecule has 3 heterocycles. The summed E-state index contributed by atoms with van der Waals surface area (Å²) < 4.78 is 194. The molecule has 0 bridgehead atoms. The molecule has 0 spiro atoms. The molecule has 27 heteroatoms. The zero-order valence-corrected chi connectivity index (χ0v) is 48.1. The smallest absolute Gasteiger partial charge is 0.233 e. The van der Waals surface area contributed by atoms with Crippen LogP contribution >= 0.6 is 0 Å². The number of hydrogen-bond acceptors (Lipinski definition) is 9. The molecule has 0 saturated carbocycles. The molecule has 0 radical (unpaired) electrons. The maximum atomic E-state index is 13.2. The molecule has 0 fully saturated rings. The quantitative estimate of drug-likeness (QED) is 0.0989. The molecular weight excluding hydrogens is 1170 g/mol. The third-order valence-corrected chi connectivity index (χ3v) is 15.3. The predicted molar refractivity (Wildman–Crippen MR) is 300 cm³/mol. The standard InChI is InChI=1S/C19H18F3N3O2S.C18H16F3N3O2S.C17H14F3N3O2S.C3H8/c1-3-23-28(26,27)16-10-8-15(9-11-16)25-17(12-18(24-25)19(20,21)22)14-6-4-13(2)5-7-14;1-2-12-3-5-13(6-4-12)16-11-17(18(19,20)21)23-24(16)14-7-9-15(10-8-14)27(22,25)26;1-11-2-4-12(5-3-11)15-10-16(17(18,19)20)22-23(15)13-6-8-14(9-7-13)26(21,24)25;1-3-2/h4-12,23H,3H2,1-2H3;3-11H,2H2,1H3,(H2,22,25,26);2-10H,1H3,(H2,21,24,25);3H2,1-2H3. The first-order chi connectivity index (χ1) is 39.2. The first kappa shape index (κ1) is 65.2. The number of nitrogens with zero attached hydrogens (tertiary/aromatic N) is 6. The number of alkyl halides is 9. The van der Waals surface area contributed by atoms with E-state index in [2.05, 4.69) is 33.9 Å². The Morgan fingerprint density at radius 1 is 0.417 bits per heavy atom. The first-order valence-electron chi connectivity index (χ1n) is 25.3. The van der Waals surface area contributed by atoms with Crippen molar-refractivity contribution < 1.29 is 64.8 Å². The molecule has 5 N–H and O–H groups in total. The van der Waals surface area contributed by atoms with E-state index in [1.54, 1.807) is 67.6 Å². The van der Waals surface area contributed by atoms with Crippen LogP contribution in [0.3, 0.4) is 0 Å². The lowest BCUT2D eigenvalue weighted by molar-refractivity contribution is -0.142. The number of rotatable bonds is 12. The number of benzene rings is 6. The van der Waals surface area contributed by atoms with Gasteiger partial charge in [-0.15, -0.1) is 0 Å². The number of hydrogen-bond donors (Lipinski definition) is 3. The molecule has 3 aromatic heterocycles. The van der Waals surface area contributed by atoms with Crippen molar-refractivity contribution in [1.82, 2.24) is 34.1 Å². The topological polar surface area (TPSA) is 220 Å². The van der Waals surface area contributed by atoms with Gasteiger partial charge in [0.25, 0.3) is 0 Å². The van der Waals surface area contributed by atoms with Crippen molar-refractivity contribution in [3.63, 3.8) is 0 Å². The Morgan fingerprint density at radius 2 is 0.679 bits per heavy atom. The molecule has 0 saturated heterocycles. The lowest BCUT2D eigenvalue weighted by atomic mass is 10.1. The first-order valence-corrected chi connectivity index (χ1v) is 29.9. The van der Waals surface area contributed by atoms with Crippen molar-refractivity contribution in [3.05, 3.63) is 198 Å². The highest BCUT2D eigenvalue weighted by atomic mass is 32.2. The van der Waals surface area contributed by atoms with Crippen LogP contribution in [0.25, 0.3) is 50.8 Å². The maximum absolute atomic E-state index is 13.2. The fourth-order valence-corrected chi connectivity index (χ4v) is 9.79. The maximum Gasteiger partial charge on any atom is 0.435 e. The fraction of sp³-hybridized carbons (Fsp3) is 0.211. The summed E-state index contributed by atoms with van der Waals surface area (Å²) in [5.74, 6) is 0. The van der Waals surface area contributed by atoms with E-state index in [1.807, 2.05) is 32.9 Å². The van der Waals surface area contributed by atoms with Crippen LogP contribution in [-0.2, 0) is 55.0 Å². The minimum absolute atomic E-state index is 0.0261.